The van der Waals surface area contributed by atoms with Crippen LogP contribution in [0.4, 0.5) is 0 Å². The van der Waals surface area contributed by atoms with E-state index in [9.17, 15) is 40.5 Å². The number of hydrogen-bond acceptors (Lipinski definition) is 16. The SMILES string of the molecule is COc1cc(O[C@H]2O[C@@H](CO[C@H]3OC[C@@H](O)[C@H](O)[C@H]3O)[C@H](O)[C@H](O)[C@@H]2O)c2c(=O)c3c(O)ccc(OC)c3oc2c1OC. The zero-order valence-corrected chi connectivity index (χ0v) is 23.1. The highest BCUT2D eigenvalue weighted by molar-refractivity contribution is 6.01. The highest BCUT2D eigenvalue weighted by Gasteiger charge is 2.47. The lowest BCUT2D eigenvalue weighted by Crippen LogP contribution is -2.61. The first-order chi connectivity index (χ1) is 20.5. The van der Waals surface area contributed by atoms with E-state index in [1.165, 1.54) is 39.5 Å². The molecule has 3 aromatic rings. The van der Waals surface area contributed by atoms with Crippen LogP contribution < -0.4 is 24.4 Å². The van der Waals surface area contributed by atoms with E-state index in [0.29, 0.717) is 0 Å². The molecule has 2 saturated heterocycles. The fraction of sp³-hybridized carbons (Fsp3) is 0.519. The smallest absolute Gasteiger partial charge is 0.229 e. The molecular formula is C27H32O16. The van der Waals surface area contributed by atoms with Crippen LogP contribution in [0.5, 0.6) is 28.7 Å². The van der Waals surface area contributed by atoms with Gasteiger partial charge in [0.05, 0.1) is 34.5 Å². The van der Waals surface area contributed by atoms with Crippen molar-refractivity contribution in [2.75, 3.05) is 34.5 Å². The first-order valence-corrected chi connectivity index (χ1v) is 13.1. The first kappa shape index (κ1) is 31.0. The van der Waals surface area contributed by atoms with Crippen molar-refractivity contribution in [1.29, 1.82) is 0 Å². The van der Waals surface area contributed by atoms with Gasteiger partial charge in [-0.25, -0.2) is 0 Å². The van der Waals surface area contributed by atoms with Gasteiger partial charge in [0.15, 0.2) is 29.0 Å². The molecule has 9 atom stereocenters. The molecule has 0 spiro atoms. The third-order valence-electron chi connectivity index (χ3n) is 7.36. The quantitative estimate of drug-likeness (QED) is 0.141. The topological polar surface area (TPSA) is 236 Å². The van der Waals surface area contributed by atoms with Gasteiger partial charge in [-0.2, -0.15) is 0 Å². The predicted octanol–water partition coefficient (Wildman–Crippen LogP) is -1.68. The summed E-state index contributed by atoms with van der Waals surface area (Å²) < 4.78 is 44.3. The summed E-state index contributed by atoms with van der Waals surface area (Å²) in [5.41, 5.74) is -1.02. The van der Waals surface area contributed by atoms with Gasteiger partial charge in [-0.05, 0) is 12.1 Å². The molecule has 16 nitrogen and oxygen atoms in total. The minimum Gasteiger partial charge on any atom is -0.507 e. The molecule has 16 heteroatoms. The van der Waals surface area contributed by atoms with Gasteiger partial charge in [0.2, 0.25) is 17.5 Å². The van der Waals surface area contributed by atoms with Crippen LogP contribution in [-0.4, -0.2) is 126 Å². The Morgan fingerprint density at radius 1 is 0.791 bits per heavy atom. The van der Waals surface area contributed by atoms with Crippen molar-refractivity contribution < 1.29 is 73.3 Å². The summed E-state index contributed by atoms with van der Waals surface area (Å²) in [7, 11) is 3.97. The fourth-order valence-electron chi connectivity index (χ4n) is 5.00. The van der Waals surface area contributed by atoms with E-state index in [2.05, 4.69) is 0 Å². The fourth-order valence-corrected chi connectivity index (χ4v) is 5.00. The highest BCUT2D eigenvalue weighted by Crippen LogP contribution is 2.44. The van der Waals surface area contributed by atoms with E-state index in [0.717, 1.165) is 0 Å². The van der Waals surface area contributed by atoms with Crippen molar-refractivity contribution in [2.45, 2.75) is 55.3 Å². The van der Waals surface area contributed by atoms with Crippen LogP contribution in [0.15, 0.2) is 27.4 Å². The lowest BCUT2D eigenvalue weighted by atomic mass is 9.99. The molecule has 0 aliphatic carbocycles. The maximum atomic E-state index is 13.8. The number of aromatic hydroxyl groups is 1. The van der Waals surface area contributed by atoms with E-state index < -0.39 is 73.1 Å². The number of aliphatic hydroxyl groups excluding tert-OH is 6. The van der Waals surface area contributed by atoms with Crippen molar-refractivity contribution >= 4 is 21.9 Å². The Balaban J connectivity index is 1.52. The molecule has 0 amide bonds. The second-order valence-electron chi connectivity index (χ2n) is 9.95. The lowest BCUT2D eigenvalue weighted by molar-refractivity contribution is -0.307. The van der Waals surface area contributed by atoms with E-state index >= 15 is 0 Å². The summed E-state index contributed by atoms with van der Waals surface area (Å²) in [5.74, 6) is -0.497. The van der Waals surface area contributed by atoms with Crippen LogP contribution in [0.25, 0.3) is 21.9 Å². The second-order valence-corrected chi connectivity index (χ2v) is 9.95. The van der Waals surface area contributed by atoms with E-state index in [4.69, 9.17) is 37.6 Å². The normalized spacial score (nSPS) is 31.2. The van der Waals surface area contributed by atoms with Crippen molar-refractivity contribution in [3.05, 3.63) is 28.4 Å². The Kier molecular flexibility index (Phi) is 8.85. The average Bonchev–Trinajstić information content (AvgIpc) is 3.00. The standard InChI is InChI=1S/C27H32O16/c1-36-11-5-4-9(28)15-19(32)16-12(6-13(37-2)24(38-3)25(16)43-23(11)15)41-27-22(35)20(33)18(31)14(42-27)8-40-26-21(34)17(30)10(29)7-39-26/h4-6,10,14,17-18,20-22,26-31,33-35H,7-8H2,1-3H3/t10-,14+,17+,18+,20+,21-,22+,26-,27+/m1/s1. The monoisotopic (exact) mass is 612 g/mol. The molecule has 43 heavy (non-hydrogen) atoms. The number of rotatable bonds is 8. The summed E-state index contributed by atoms with van der Waals surface area (Å²) in [6, 6.07) is 3.89. The van der Waals surface area contributed by atoms with Crippen molar-refractivity contribution in [3.8, 4) is 28.7 Å². The molecule has 0 radical (unpaired) electrons. The molecule has 3 heterocycles. The summed E-state index contributed by atoms with van der Waals surface area (Å²) in [6.45, 7) is -0.864. The molecule has 0 bridgehead atoms. The number of phenolic OH excluding ortho intramolecular Hbond substituents is 1. The molecule has 2 fully saturated rings. The number of benzene rings is 2. The summed E-state index contributed by atoms with van der Waals surface area (Å²) in [6.07, 6.45) is -14.4. The third-order valence-corrected chi connectivity index (χ3v) is 7.36. The minimum atomic E-state index is -1.84. The van der Waals surface area contributed by atoms with Crippen molar-refractivity contribution in [1.82, 2.24) is 0 Å². The van der Waals surface area contributed by atoms with E-state index in [1.807, 2.05) is 0 Å². The number of methoxy groups -OCH3 is 3. The Morgan fingerprint density at radius 3 is 2.16 bits per heavy atom. The lowest BCUT2D eigenvalue weighted by Gasteiger charge is -2.41. The predicted molar refractivity (Wildman–Crippen MR) is 142 cm³/mol. The van der Waals surface area contributed by atoms with Crippen LogP contribution in [0.2, 0.25) is 0 Å². The van der Waals surface area contributed by atoms with Gasteiger partial charge in [-0.1, -0.05) is 0 Å². The van der Waals surface area contributed by atoms with Crippen LogP contribution >= 0.6 is 0 Å². The van der Waals surface area contributed by atoms with Gasteiger partial charge in [0.25, 0.3) is 0 Å². The number of phenols is 1. The van der Waals surface area contributed by atoms with Gasteiger partial charge in [0, 0.05) is 6.07 Å². The molecule has 0 saturated carbocycles. The summed E-state index contributed by atoms with van der Waals surface area (Å²) in [5, 5.41) is 71.5. The van der Waals surface area contributed by atoms with E-state index in [1.54, 1.807) is 0 Å². The van der Waals surface area contributed by atoms with Crippen LogP contribution in [0, 0.1) is 0 Å². The van der Waals surface area contributed by atoms with Gasteiger partial charge in [-0.3, -0.25) is 4.79 Å². The maximum Gasteiger partial charge on any atom is 0.229 e. The van der Waals surface area contributed by atoms with Crippen LogP contribution in [0.1, 0.15) is 0 Å². The highest BCUT2D eigenvalue weighted by atomic mass is 16.7. The molecular weight excluding hydrogens is 580 g/mol. The van der Waals surface area contributed by atoms with Crippen molar-refractivity contribution in [3.63, 3.8) is 0 Å². The molecule has 2 aliphatic rings. The van der Waals surface area contributed by atoms with E-state index in [-0.39, 0.29) is 51.5 Å². The number of fused-ring (bicyclic) bond motifs is 2. The molecule has 236 valence electrons. The molecule has 0 unspecified atom stereocenters. The first-order valence-electron chi connectivity index (χ1n) is 13.1. The largest absolute Gasteiger partial charge is 0.507 e. The number of ether oxygens (including phenoxy) is 7. The molecule has 7 N–H and O–H groups in total. The number of hydrogen-bond donors (Lipinski definition) is 7. The molecule has 1 aromatic heterocycles. The second kappa shape index (κ2) is 12.3. The maximum absolute atomic E-state index is 13.8. The Bertz CT molecular complexity index is 1520. The Morgan fingerprint density at radius 2 is 1.49 bits per heavy atom. The molecule has 5 rings (SSSR count). The zero-order valence-electron chi connectivity index (χ0n) is 23.1. The van der Waals surface area contributed by atoms with Gasteiger partial charge in [-0.15, -0.1) is 0 Å². The molecule has 2 aliphatic heterocycles. The van der Waals surface area contributed by atoms with Gasteiger partial charge >= 0.3 is 0 Å². The van der Waals surface area contributed by atoms with Crippen LogP contribution in [0.3, 0.4) is 0 Å². The molecule has 2 aromatic carbocycles. The van der Waals surface area contributed by atoms with Crippen molar-refractivity contribution in [2.24, 2.45) is 0 Å². The summed E-state index contributed by atoms with van der Waals surface area (Å²) >= 11 is 0. The minimum absolute atomic E-state index is 0.000522. The zero-order chi connectivity index (χ0) is 31.2. The Hall–Kier alpha value is -3.45. The Labute approximate surface area is 242 Å². The average molecular weight is 613 g/mol. The van der Waals surface area contributed by atoms with Crippen LogP contribution in [-0.2, 0) is 14.2 Å². The van der Waals surface area contributed by atoms with Gasteiger partial charge < -0.3 is 73.3 Å². The van der Waals surface area contributed by atoms with Gasteiger partial charge in [0.1, 0.15) is 65.0 Å². The number of aliphatic hydroxyl groups is 6. The third kappa shape index (κ3) is 5.41. The summed E-state index contributed by atoms with van der Waals surface area (Å²) in [4.78, 5) is 13.8.